The highest BCUT2D eigenvalue weighted by Crippen LogP contribution is 2.33. The molecule has 0 unspecified atom stereocenters. The molecule has 1 aliphatic carbocycles. The summed E-state index contributed by atoms with van der Waals surface area (Å²) < 4.78 is 2.05. The molecule has 0 saturated heterocycles. The van der Waals surface area contributed by atoms with E-state index < -0.39 is 5.60 Å². The van der Waals surface area contributed by atoms with E-state index in [1.165, 1.54) is 0 Å². The van der Waals surface area contributed by atoms with Crippen LogP contribution in [-0.2, 0) is 6.54 Å². The molecule has 2 atom stereocenters. The van der Waals surface area contributed by atoms with E-state index >= 15 is 0 Å². The van der Waals surface area contributed by atoms with E-state index in [2.05, 4.69) is 11.1 Å². The predicted molar refractivity (Wildman–Crippen MR) is 78.4 cm³/mol. The van der Waals surface area contributed by atoms with Crippen molar-refractivity contribution in [1.82, 2.24) is 9.55 Å². The number of nitriles is 1. The standard InChI is InChI=1S/C16H19N3O2/c17-8-12-3-4-14-15(6-12)19(11-18-14)9-13-2-1-5-16(21,7-13)10-20/h3-4,6,11,13,20-21H,1-2,5,7,9-10H2/t13-,16-/m0/s1. The molecule has 1 aliphatic rings. The summed E-state index contributed by atoms with van der Waals surface area (Å²) >= 11 is 0. The van der Waals surface area contributed by atoms with E-state index in [9.17, 15) is 10.2 Å². The van der Waals surface area contributed by atoms with Crippen LogP contribution in [0.5, 0.6) is 0 Å². The van der Waals surface area contributed by atoms with Crippen molar-refractivity contribution in [1.29, 1.82) is 5.26 Å². The summed E-state index contributed by atoms with van der Waals surface area (Å²) in [6, 6.07) is 7.62. The smallest absolute Gasteiger partial charge is 0.0992 e. The molecular weight excluding hydrogens is 266 g/mol. The zero-order valence-corrected chi connectivity index (χ0v) is 11.9. The van der Waals surface area contributed by atoms with E-state index in [-0.39, 0.29) is 6.61 Å². The van der Waals surface area contributed by atoms with Gasteiger partial charge in [-0.25, -0.2) is 4.98 Å². The van der Waals surface area contributed by atoms with Gasteiger partial charge in [-0.05, 0) is 43.4 Å². The molecule has 0 aliphatic heterocycles. The Morgan fingerprint density at radius 2 is 2.33 bits per heavy atom. The average Bonchev–Trinajstić information content (AvgIpc) is 2.89. The number of rotatable bonds is 3. The van der Waals surface area contributed by atoms with Crippen molar-refractivity contribution in [3.8, 4) is 6.07 Å². The normalized spacial score (nSPS) is 25.9. The first kappa shape index (κ1) is 14.1. The van der Waals surface area contributed by atoms with Gasteiger partial charge in [-0.15, -0.1) is 0 Å². The summed E-state index contributed by atoms with van der Waals surface area (Å²) in [5.41, 5.74) is 1.52. The van der Waals surface area contributed by atoms with Crippen LogP contribution in [0.1, 0.15) is 31.2 Å². The molecule has 21 heavy (non-hydrogen) atoms. The van der Waals surface area contributed by atoms with Gasteiger partial charge in [-0.1, -0.05) is 6.42 Å². The van der Waals surface area contributed by atoms with Crippen molar-refractivity contribution in [2.45, 2.75) is 37.8 Å². The summed E-state index contributed by atoms with van der Waals surface area (Å²) in [7, 11) is 0. The molecule has 1 aromatic carbocycles. The maximum Gasteiger partial charge on any atom is 0.0992 e. The molecule has 2 aromatic rings. The number of aliphatic hydroxyl groups is 2. The molecule has 3 rings (SSSR count). The van der Waals surface area contributed by atoms with E-state index in [4.69, 9.17) is 5.26 Å². The number of imidazole rings is 1. The Bertz CT molecular complexity index is 688. The molecule has 5 nitrogen and oxygen atoms in total. The van der Waals surface area contributed by atoms with Gasteiger partial charge in [-0.3, -0.25) is 0 Å². The number of benzene rings is 1. The van der Waals surface area contributed by atoms with Gasteiger partial charge in [0.1, 0.15) is 0 Å². The number of aliphatic hydroxyl groups excluding tert-OH is 1. The number of hydrogen-bond donors (Lipinski definition) is 2. The van der Waals surface area contributed by atoms with Gasteiger partial charge in [-0.2, -0.15) is 5.26 Å². The van der Waals surface area contributed by atoms with Crippen molar-refractivity contribution >= 4 is 11.0 Å². The third-order valence-corrected chi connectivity index (χ3v) is 4.42. The molecule has 0 radical (unpaired) electrons. The van der Waals surface area contributed by atoms with Gasteiger partial charge in [0.2, 0.25) is 0 Å². The molecule has 0 spiro atoms. The van der Waals surface area contributed by atoms with E-state index in [0.29, 0.717) is 24.3 Å². The van der Waals surface area contributed by atoms with Crippen molar-refractivity contribution in [2.24, 2.45) is 5.92 Å². The van der Waals surface area contributed by atoms with Gasteiger partial charge in [0, 0.05) is 6.54 Å². The lowest BCUT2D eigenvalue weighted by Gasteiger charge is -2.35. The first-order valence-electron chi connectivity index (χ1n) is 7.32. The summed E-state index contributed by atoms with van der Waals surface area (Å²) in [5.74, 6) is 0.319. The molecule has 1 aromatic heterocycles. The first-order valence-corrected chi connectivity index (χ1v) is 7.32. The minimum absolute atomic E-state index is 0.174. The van der Waals surface area contributed by atoms with Gasteiger partial charge in [0.15, 0.2) is 0 Å². The van der Waals surface area contributed by atoms with Gasteiger partial charge >= 0.3 is 0 Å². The maximum atomic E-state index is 10.3. The van der Waals surface area contributed by atoms with Crippen molar-refractivity contribution in [3.63, 3.8) is 0 Å². The summed E-state index contributed by atoms with van der Waals surface area (Å²) in [6.07, 6.45) is 5.04. The van der Waals surface area contributed by atoms with Crippen molar-refractivity contribution in [3.05, 3.63) is 30.1 Å². The van der Waals surface area contributed by atoms with Crippen LogP contribution in [0, 0.1) is 17.2 Å². The molecule has 2 N–H and O–H groups in total. The fourth-order valence-electron chi connectivity index (χ4n) is 3.31. The second-order valence-electron chi connectivity index (χ2n) is 6.06. The highest BCUT2D eigenvalue weighted by atomic mass is 16.3. The van der Waals surface area contributed by atoms with Crippen molar-refractivity contribution in [2.75, 3.05) is 6.61 Å². The van der Waals surface area contributed by atoms with Crippen LogP contribution in [-0.4, -0.2) is 32.0 Å². The molecule has 1 heterocycles. The summed E-state index contributed by atoms with van der Waals surface area (Å²) in [5, 5.41) is 28.6. The van der Waals surface area contributed by atoms with Crippen LogP contribution >= 0.6 is 0 Å². The average molecular weight is 285 g/mol. The largest absolute Gasteiger partial charge is 0.393 e. The number of fused-ring (bicyclic) bond motifs is 1. The highest BCUT2D eigenvalue weighted by molar-refractivity contribution is 5.76. The van der Waals surface area contributed by atoms with Crippen LogP contribution in [0.3, 0.4) is 0 Å². The van der Waals surface area contributed by atoms with Crippen LogP contribution in [0.2, 0.25) is 0 Å². The molecule has 110 valence electrons. The zero-order valence-electron chi connectivity index (χ0n) is 11.9. The molecule has 1 fully saturated rings. The Balaban J connectivity index is 1.83. The van der Waals surface area contributed by atoms with Gasteiger partial charge in [0.05, 0.1) is 41.2 Å². The lowest BCUT2D eigenvalue weighted by molar-refractivity contribution is -0.0591. The molecule has 1 saturated carbocycles. The third-order valence-electron chi connectivity index (χ3n) is 4.42. The third kappa shape index (κ3) is 2.78. The lowest BCUT2D eigenvalue weighted by Crippen LogP contribution is -2.39. The Kier molecular flexibility index (Phi) is 3.66. The first-order chi connectivity index (χ1) is 10.1. The molecule has 5 heteroatoms. The molecule has 0 bridgehead atoms. The lowest BCUT2D eigenvalue weighted by atomic mass is 9.78. The fraction of sp³-hybridized carbons (Fsp3) is 0.500. The number of aromatic nitrogens is 2. The molecular formula is C16H19N3O2. The van der Waals surface area contributed by atoms with Crippen LogP contribution in [0.15, 0.2) is 24.5 Å². The van der Waals surface area contributed by atoms with Gasteiger partial charge in [0.25, 0.3) is 0 Å². The van der Waals surface area contributed by atoms with Crippen molar-refractivity contribution < 1.29 is 10.2 Å². The predicted octanol–water partition coefficient (Wildman–Crippen LogP) is 1.82. The summed E-state index contributed by atoms with van der Waals surface area (Å²) in [6.45, 7) is 0.584. The Hall–Kier alpha value is -1.90. The SMILES string of the molecule is N#Cc1ccc2ncn(C[C@H]3CCC[C@@](O)(CO)C3)c2c1. The van der Waals surface area contributed by atoms with E-state index in [0.717, 1.165) is 30.4 Å². The van der Waals surface area contributed by atoms with Crippen LogP contribution in [0.25, 0.3) is 11.0 Å². The fourth-order valence-corrected chi connectivity index (χ4v) is 3.31. The number of hydrogen-bond acceptors (Lipinski definition) is 4. The van der Waals surface area contributed by atoms with Gasteiger partial charge < -0.3 is 14.8 Å². The van der Waals surface area contributed by atoms with Crippen LogP contribution < -0.4 is 0 Å². The monoisotopic (exact) mass is 285 g/mol. The van der Waals surface area contributed by atoms with E-state index in [1.54, 1.807) is 12.4 Å². The Labute approximate surface area is 123 Å². The quantitative estimate of drug-likeness (QED) is 0.901. The number of nitrogens with zero attached hydrogens (tertiary/aromatic N) is 3. The highest BCUT2D eigenvalue weighted by Gasteiger charge is 2.33. The Morgan fingerprint density at radius 3 is 3.10 bits per heavy atom. The summed E-state index contributed by atoms with van der Waals surface area (Å²) in [4.78, 5) is 4.36. The topological polar surface area (TPSA) is 82.1 Å². The minimum Gasteiger partial charge on any atom is -0.393 e. The maximum absolute atomic E-state index is 10.3. The minimum atomic E-state index is -0.933. The second kappa shape index (κ2) is 5.47. The zero-order chi connectivity index (χ0) is 14.9. The van der Waals surface area contributed by atoms with E-state index in [1.807, 2.05) is 16.7 Å². The van der Waals surface area contributed by atoms with Crippen LogP contribution in [0.4, 0.5) is 0 Å². The molecule has 0 amide bonds. The second-order valence-corrected chi connectivity index (χ2v) is 6.06. The Morgan fingerprint density at radius 1 is 1.48 bits per heavy atom.